The Labute approximate surface area is 116 Å². The average molecular weight is 276 g/mol. The fourth-order valence-corrected chi connectivity index (χ4v) is 2.66. The van der Waals surface area contributed by atoms with Crippen molar-refractivity contribution in [2.45, 2.75) is 12.5 Å². The number of carbonyl (C=O) groups is 2. The van der Waals surface area contributed by atoms with Gasteiger partial charge in [0.05, 0.1) is 12.2 Å². The lowest BCUT2D eigenvalue weighted by Gasteiger charge is -2.27. The molecule has 0 saturated carbocycles. The first-order valence-corrected chi connectivity index (χ1v) is 6.67. The fourth-order valence-electron chi connectivity index (χ4n) is 2.66. The molecule has 20 heavy (non-hydrogen) atoms. The molecule has 1 aromatic carbocycles. The van der Waals surface area contributed by atoms with Gasteiger partial charge in [-0.05, 0) is 30.2 Å². The summed E-state index contributed by atoms with van der Waals surface area (Å²) in [4.78, 5) is 25.1. The second-order valence-corrected chi connectivity index (χ2v) is 4.95. The third-order valence-electron chi connectivity index (χ3n) is 3.69. The van der Waals surface area contributed by atoms with Crippen LogP contribution in [0.5, 0.6) is 0 Å². The lowest BCUT2D eigenvalue weighted by Crippen LogP contribution is -2.49. The van der Waals surface area contributed by atoms with Crippen molar-refractivity contribution in [2.24, 2.45) is 0 Å². The summed E-state index contributed by atoms with van der Waals surface area (Å²) in [6, 6.07) is 4.89. The third kappa shape index (κ3) is 2.28. The molecule has 1 unspecified atom stereocenters. The highest BCUT2D eigenvalue weighted by atomic mass is 16.5. The maximum Gasteiger partial charge on any atom is 0.335 e. The van der Waals surface area contributed by atoms with Crippen molar-refractivity contribution in [3.63, 3.8) is 0 Å². The first-order chi connectivity index (χ1) is 9.66. The fraction of sp³-hybridized carbons (Fsp3) is 0.429. The molecule has 1 aromatic rings. The first kappa shape index (κ1) is 13.1. The largest absolute Gasteiger partial charge is 0.478 e. The number of benzene rings is 1. The van der Waals surface area contributed by atoms with Gasteiger partial charge in [0.2, 0.25) is 0 Å². The third-order valence-corrected chi connectivity index (χ3v) is 3.69. The van der Waals surface area contributed by atoms with Crippen molar-refractivity contribution in [2.75, 3.05) is 31.1 Å². The van der Waals surface area contributed by atoms with E-state index in [4.69, 9.17) is 9.84 Å². The number of carboxylic acid groups (broad SMARTS) is 1. The zero-order valence-corrected chi connectivity index (χ0v) is 11.0. The van der Waals surface area contributed by atoms with E-state index in [0.717, 1.165) is 17.8 Å². The number of fused-ring (bicyclic) bond motifs is 1. The second kappa shape index (κ2) is 5.22. The summed E-state index contributed by atoms with van der Waals surface area (Å²) in [7, 11) is 0. The minimum absolute atomic E-state index is 0.0565. The van der Waals surface area contributed by atoms with Crippen LogP contribution in [0.15, 0.2) is 18.2 Å². The van der Waals surface area contributed by atoms with Gasteiger partial charge in [0, 0.05) is 25.3 Å². The number of rotatable bonds is 2. The number of hydrogen-bond acceptors (Lipinski definition) is 4. The van der Waals surface area contributed by atoms with E-state index in [-0.39, 0.29) is 11.5 Å². The van der Waals surface area contributed by atoms with Gasteiger partial charge in [0.25, 0.3) is 5.91 Å². The number of nitrogens with zero attached hydrogens (tertiary/aromatic N) is 1. The van der Waals surface area contributed by atoms with Gasteiger partial charge >= 0.3 is 5.97 Å². The summed E-state index contributed by atoms with van der Waals surface area (Å²) in [5.74, 6) is -1.00. The molecule has 2 N–H and O–H groups in total. The summed E-state index contributed by atoms with van der Waals surface area (Å²) >= 11 is 0. The van der Waals surface area contributed by atoms with Crippen LogP contribution in [-0.2, 0) is 16.0 Å². The Bertz CT molecular complexity index is 552. The van der Waals surface area contributed by atoms with Crippen molar-refractivity contribution in [3.05, 3.63) is 29.3 Å². The maximum absolute atomic E-state index is 12.4. The highest BCUT2D eigenvalue weighted by molar-refractivity contribution is 5.99. The summed E-state index contributed by atoms with van der Waals surface area (Å²) in [6.45, 7) is 2.41. The van der Waals surface area contributed by atoms with Crippen LogP contribution in [0.2, 0.25) is 0 Å². The van der Waals surface area contributed by atoms with Crippen LogP contribution in [0, 0.1) is 0 Å². The van der Waals surface area contributed by atoms with E-state index in [2.05, 4.69) is 5.32 Å². The number of carbonyl (C=O) groups excluding carboxylic acids is 1. The summed E-state index contributed by atoms with van der Waals surface area (Å²) < 4.78 is 5.48. The van der Waals surface area contributed by atoms with E-state index in [0.29, 0.717) is 26.1 Å². The molecule has 0 radical (unpaired) electrons. The summed E-state index contributed by atoms with van der Waals surface area (Å²) in [6.07, 6.45) is 0.233. The van der Waals surface area contributed by atoms with Gasteiger partial charge in [-0.3, -0.25) is 4.79 Å². The molecular formula is C14H16N2O4. The molecule has 106 valence electrons. The molecule has 2 aliphatic rings. The zero-order valence-electron chi connectivity index (χ0n) is 11.0. The Balaban J connectivity index is 1.81. The number of ether oxygens (including phenoxy) is 1. The van der Waals surface area contributed by atoms with Crippen LogP contribution in [0.4, 0.5) is 5.69 Å². The number of anilines is 1. The molecule has 1 fully saturated rings. The van der Waals surface area contributed by atoms with Gasteiger partial charge in [-0.25, -0.2) is 4.79 Å². The Kier molecular flexibility index (Phi) is 3.42. The quantitative estimate of drug-likeness (QED) is 0.810. The molecule has 3 rings (SSSR count). The van der Waals surface area contributed by atoms with Gasteiger partial charge in [-0.2, -0.15) is 0 Å². The number of morpholine rings is 1. The second-order valence-electron chi connectivity index (χ2n) is 4.95. The van der Waals surface area contributed by atoms with Crippen LogP contribution in [0.1, 0.15) is 15.9 Å². The Morgan fingerprint density at radius 2 is 2.25 bits per heavy atom. The molecule has 1 saturated heterocycles. The molecule has 2 heterocycles. The minimum Gasteiger partial charge on any atom is -0.478 e. The number of aromatic carboxylic acids is 1. The molecule has 1 amide bonds. The normalized spacial score (nSPS) is 21.6. The lowest BCUT2D eigenvalue weighted by molar-refractivity contribution is -0.131. The summed E-state index contributed by atoms with van der Waals surface area (Å²) in [5.41, 5.74) is 1.96. The van der Waals surface area contributed by atoms with E-state index in [1.807, 2.05) is 0 Å². The Morgan fingerprint density at radius 1 is 1.40 bits per heavy atom. The highest BCUT2D eigenvalue weighted by Crippen LogP contribution is 2.29. The van der Waals surface area contributed by atoms with Crippen LogP contribution in [0.3, 0.4) is 0 Å². The predicted molar refractivity (Wildman–Crippen MR) is 72.1 cm³/mol. The van der Waals surface area contributed by atoms with Crippen molar-refractivity contribution in [3.8, 4) is 0 Å². The SMILES string of the molecule is O=C(O)c1ccc2c(c1)CCN2C(=O)C1CNCCO1. The monoisotopic (exact) mass is 276 g/mol. The van der Waals surface area contributed by atoms with Gasteiger partial charge in [-0.1, -0.05) is 0 Å². The molecule has 2 aliphatic heterocycles. The Hall–Kier alpha value is -1.92. The predicted octanol–water partition coefficient (Wildman–Crippen LogP) is 0.262. The Morgan fingerprint density at radius 3 is 2.95 bits per heavy atom. The molecule has 0 bridgehead atoms. The van der Waals surface area contributed by atoms with Crippen molar-refractivity contribution in [1.29, 1.82) is 0 Å². The lowest BCUT2D eigenvalue weighted by atomic mass is 10.1. The number of hydrogen-bond donors (Lipinski definition) is 2. The average Bonchev–Trinajstić information content (AvgIpc) is 2.90. The van der Waals surface area contributed by atoms with Crippen LogP contribution < -0.4 is 10.2 Å². The van der Waals surface area contributed by atoms with Crippen LogP contribution >= 0.6 is 0 Å². The first-order valence-electron chi connectivity index (χ1n) is 6.67. The van der Waals surface area contributed by atoms with Gasteiger partial charge in [0.15, 0.2) is 0 Å². The van der Waals surface area contributed by atoms with Crippen molar-refractivity contribution in [1.82, 2.24) is 5.32 Å². The van der Waals surface area contributed by atoms with E-state index in [1.54, 1.807) is 17.0 Å². The van der Waals surface area contributed by atoms with Gasteiger partial charge in [0.1, 0.15) is 6.10 Å². The van der Waals surface area contributed by atoms with E-state index in [1.165, 1.54) is 6.07 Å². The molecule has 1 atom stereocenters. The molecule has 6 nitrogen and oxygen atoms in total. The molecule has 0 aromatic heterocycles. The van der Waals surface area contributed by atoms with Crippen LogP contribution in [0.25, 0.3) is 0 Å². The highest BCUT2D eigenvalue weighted by Gasteiger charge is 2.32. The molecule has 0 aliphatic carbocycles. The molecular weight excluding hydrogens is 260 g/mol. The topological polar surface area (TPSA) is 78.9 Å². The zero-order chi connectivity index (χ0) is 14.1. The van der Waals surface area contributed by atoms with E-state index in [9.17, 15) is 9.59 Å². The molecule has 6 heteroatoms. The number of amides is 1. The minimum atomic E-state index is -0.947. The molecule has 0 spiro atoms. The smallest absolute Gasteiger partial charge is 0.335 e. The number of carboxylic acids is 1. The number of nitrogens with one attached hydrogen (secondary N) is 1. The van der Waals surface area contributed by atoms with E-state index < -0.39 is 12.1 Å². The maximum atomic E-state index is 12.4. The summed E-state index contributed by atoms with van der Waals surface area (Å²) in [5, 5.41) is 12.1. The van der Waals surface area contributed by atoms with E-state index >= 15 is 0 Å². The van der Waals surface area contributed by atoms with Gasteiger partial charge in [-0.15, -0.1) is 0 Å². The van der Waals surface area contributed by atoms with Crippen LogP contribution in [-0.4, -0.2) is 49.3 Å². The van der Waals surface area contributed by atoms with Crippen molar-refractivity contribution >= 4 is 17.6 Å². The van der Waals surface area contributed by atoms with Gasteiger partial charge < -0.3 is 20.1 Å². The standard InChI is InChI=1S/C14H16N2O4/c17-13(12-8-15-4-6-20-12)16-5-3-9-7-10(14(18)19)1-2-11(9)16/h1-2,7,12,15H,3-6,8H2,(H,18,19). The van der Waals surface area contributed by atoms with Crippen molar-refractivity contribution < 1.29 is 19.4 Å².